The van der Waals surface area contributed by atoms with Gasteiger partial charge in [0.1, 0.15) is 0 Å². The first kappa shape index (κ1) is 15.0. The SMILES string of the molecule is Cl.N#Cc1ccc(CCCN2CCCCC2)cc1. The normalized spacial score (nSPS) is 15.7. The molecule has 98 valence electrons. The lowest BCUT2D eigenvalue weighted by Crippen LogP contribution is -2.30. The molecule has 0 atom stereocenters. The van der Waals surface area contributed by atoms with Crippen molar-refractivity contribution in [2.75, 3.05) is 19.6 Å². The van der Waals surface area contributed by atoms with Crippen molar-refractivity contribution in [3.05, 3.63) is 35.4 Å². The summed E-state index contributed by atoms with van der Waals surface area (Å²) in [7, 11) is 0. The standard InChI is InChI=1S/C15H20N2.ClH/c16-13-15-8-6-14(7-9-15)5-4-12-17-10-2-1-3-11-17;/h6-9H,1-5,10-12H2;1H. The third kappa shape index (κ3) is 4.68. The minimum Gasteiger partial charge on any atom is -0.303 e. The van der Waals surface area contributed by atoms with Crippen LogP contribution in [0.4, 0.5) is 0 Å². The van der Waals surface area contributed by atoms with Crippen LogP contribution in [0.1, 0.15) is 36.8 Å². The molecule has 0 bridgehead atoms. The van der Waals surface area contributed by atoms with Crippen LogP contribution >= 0.6 is 12.4 Å². The van der Waals surface area contributed by atoms with Gasteiger partial charge in [0.2, 0.25) is 0 Å². The van der Waals surface area contributed by atoms with Gasteiger partial charge in [0.25, 0.3) is 0 Å². The Morgan fingerprint density at radius 1 is 1.06 bits per heavy atom. The largest absolute Gasteiger partial charge is 0.303 e. The van der Waals surface area contributed by atoms with Gasteiger partial charge in [-0.3, -0.25) is 0 Å². The first-order valence-corrected chi connectivity index (χ1v) is 6.60. The van der Waals surface area contributed by atoms with Gasteiger partial charge >= 0.3 is 0 Å². The number of piperidine rings is 1. The highest BCUT2D eigenvalue weighted by molar-refractivity contribution is 5.85. The first-order chi connectivity index (χ1) is 8.38. The summed E-state index contributed by atoms with van der Waals surface area (Å²) in [5.74, 6) is 0. The third-order valence-corrected chi connectivity index (χ3v) is 3.47. The Bertz CT molecular complexity index is 374. The van der Waals surface area contributed by atoms with E-state index in [9.17, 15) is 0 Å². The Balaban J connectivity index is 0.00000162. The molecule has 0 saturated carbocycles. The lowest BCUT2D eigenvalue weighted by atomic mass is 10.1. The monoisotopic (exact) mass is 264 g/mol. The van der Waals surface area contributed by atoms with Gasteiger partial charge in [0, 0.05) is 0 Å². The second-order valence-electron chi connectivity index (χ2n) is 4.81. The molecule has 0 spiro atoms. The molecule has 0 N–H and O–H groups in total. The fourth-order valence-electron chi connectivity index (χ4n) is 2.44. The molecule has 0 unspecified atom stereocenters. The van der Waals surface area contributed by atoms with Crippen molar-refractivity contribution in [3.8, 4) is 6.07 Å². The number of nitriles is 1. The van der Waals surface area contributed by atoms with Crippen molar-refractivity contribution in [1.82, 2.24) is 4.90 Å². The van der Waals surface area contributed by atoms with Gasteiger partial charge in [-0.2, -0.15) is 5.26 Å². The molecule has 0 aliphatic carbocycles. The molecule has 1 aliphatic rings. The maximum atomic E-state index is 8.72. The van der Waals surface area contributed by atoms with Gasteiger partial charge in [0.05, 0.1) is 11.6 Å². The Morgan fingerprint density at radius 2 is 1.72 bits per heavy atom. The van der Waals surface area contributed by atoms with Crippen LogP contribution < -0.4 is 0 Å². The van der Waals surface area contributed by atoms with Gasteiger partial charge in [-0.15, -0.1) is 12.4 Å². The van der Waals surface area contributed by atoms with Crippen LogP contribution in [-0.2, 0) is 6.42 Å². The number of nitrogens with zero attached hydrogens (tertiary/aromatic N) is 2. The number of aryl methyl sites for hydroxylation is 1. The Kier molecular flexibility index (Phi) is 6.78. The second-order valence-corrected chi connectivity index (χ2v) is 4.81. The zero-order valence-electron chi connectivity index (χ0n) is 10.8. The summed E-state index contributed by atoms with van der Waals surface area (Å²) in [6.07, 6.45) is 6.51. The molecule has 1 aromatic rings. The van der Waals surface area contributed by atoms with Crippen molar-refractivity contribution >= 4 is 12.4 Å². The molecular weight excluding hydrogens is 244 g/mol. The van der Waals surface area contributed by atoms with Crippen LogP contribution in [0.15, 0.2) is 24.3 Å². The van der Waals surface area contributed by atoms with Gasteiger partial charge in [-0.05, 0) is 63.0 Å². The molecule has 0 aromatic heterocycles. The molecule has 0 radical (unpaired) electrons. The molecule has 1 fully saturated rings. The van der Waals surface area contributed by atoms with Crippen LogP contribution in [0.5, 0.6) is 0 Å². The zero-order chi connectivity index (χ0) is 11.9. The Morgan fingerprint density at radius 3 is 2.33 bits per heavy atom. The topological polar surface area (TPSA) is 27.0 Å². The highest BCUT2D eigenvalue weighted by Gasteiger charge is 2.08. The molecule has 18 heavy (non-hydrogen) atoms. The lowest BCUT2D eigenvalue weighted by Gasteiger charge is -2.26. The number of halogens is 1. The van der Waals surface area contributed by atoms with Crippen molar-refractivity contribution in [3.63, 3.8) is 0 Å². The van der Waals surface area contributed by atoms with Crippen LogP contribution in [0.3, 0.4) is 0 Å². The van der Waals surface area contributed by atoms with E-state index in [0.717, 1.165) is 12.0 Å². The molecule has 1 aliphatic heterocycles. The number of rotatable bonds is 4. The van der Waals surface area contributed by atoms with Gasteiger partial charge in [-0.25, -0.2) is 0 Å². The molecule has 1 saturated heterocycles. The van der Waals surface area contributed by atoms with Crippen molar-refractivity contribution in [1.29, 1.82) is 5.26 Å². The fourth-order valence-corrected chi connectivity index (χ4v) is 2.44. The quantitative estimate of drug-likeness (QED) is 0.833. The van der Waals surface area contributed by atoms with E-state index >= 15 is 0 Å². The smallest absolute Gasteiger partial charge is 0.0991 e. The van der Waals surface area contributed by atoms with E-state index < -0.39 is 0 Å². The van der Waals surface area contributed by atoms with Gasteiger partial charge in [0.15, 0.2) is 0 Å². The lowest BCUT2D eigenvalue weighted by molar-refractivity contribution is 0.226. The average molecular weight is 265 g/mol. The van der Waals surface area contributed by atoms with Crippen molar-refractivity contribution < 1.29 is 0 Å². The highest BCUT2D eigenvalue weighted by atomic mass is 35.5. The predicted octanol–water partition coefficient (Wildman–Crippen LogP) is 3.40. The predicted molar refractivity (Wildman–Crippen MR) is 77.0 cm³/mol. The number of hydrogen-bond acceptors (Lipinski definition) is 2. The maximum Gasteiger partial charge on any atom is 0.0991 e. The maximum absolute atomic E-state index is 8.72. The second kappa shape index (κ2) is 8.13. The molecule has 2 nitrogen and oxygen atoms in total. The van der Waals surface area contributed by atoms with Crippen LogP contribution in [0, 0.1) is 11.3 Å². The van der Waals surface area contributed by atoms with Crippen molar-refractivity contribution in [2.45, 2.75) is 32.1 Å². The van der Waals surface area contributed by atoms with Crippen LogP contribution in [0.25, 0.3) is 0 Å². The summed E-state index contributed by atoms with van der Waals surface area (Å²) in [5.41, 5.74) is 2.10. The summed E-state index contributed by atoms with van der Waals surface area (Å²) in [6, 6.07) is 10.1. The van der Waals surface area contributed by atoms with Gasteiger partial charge < -0.3 is 4.90 Å². The molecule has 1 aromatic carbocycles. The zero-order valence-corrected chi connectivity index (χ0v) is 11.6. The highest BCUT2D eigenvalue weighted by Crippen LogP contribution is 2.11. The van der Waals surface area contributed by atoms with E-state index in [0.29, 0.717) is 0 Å². The minimum atomic E-state index is 0. The van der Waals surface area contributed by atoms with E-state index in [1.54, 1.807) is 0 Å². The summed E-state index contributed by atoms with van der Waals surface area (Å²) >= 11 is 0. The Labute approximate surface area is 116 Å². The number of benzene rings is 1. The van der Waals surface area contributed by atoms with E-state index in [2.05, 4.69) is 23.1 Å². The van der Waals surface area contributed by atoms with E-state index in [4.69, 9.17) is 5.26 Å². The summed E-state index contributed by atoms with van der Waals surface area (Å²) in [4.78, 5) is 2.58. The third-order valence-electron chi connectivity index (χ3n) is 3.47. The number of hydrogen-bond donors (Lipinski definition) is 0. The van der Waals surface area contributed by atoms with Crippen molar-refractivity contribution in [2.24, 2.45) is 0 Å². The summed E-state index contributed by atoms with van der Waals surface area (Å²) in [6.45, 7) is 3.79. The van der Waals surface area contributed by atoms with E-state index in [1.165, 1.54) is 50.9 Å². The van der Waals surface area contributed by atoms with Gasteiger partial charge in [-0.1, -0.05) is 18.6 Å². The van der Waals surface area contributed by atoms with Crippen LogP contribution in [0.2, 0.25) is 0 Å². The molecule has 2 rings (SSSR count). The fraction of sp³-hybridized carbons (Fsp3) is 0.533. The summed E-state index contributed by atoms with van der Waals surface area (Å²) in [5, 5.41) is 8.72. The molecule has 1 heterocycles. The number of likely N-dealkylation sites (tertiary alicyclic amines) is 1. The average Bonchev–Trinajstić information content (AvgIpc) is 2.41. The summed E-state index contributed by atoms with van der Waals surface area (Å²) < 4.78 is 0. The van der Waals surface area contributed by atoms with E-state index in [-0.39, 0.29) is 12.4 Å². The van der Waals surface area contributed by atoms with Crippen LogP contribution in [-0.4, -0.2) is 24.5 Å². The first-order valence-electron chi connectivity index (χ1n) is 6.60. The molecule has 3 heteroatoms. The molecule has 0 amide bonds. The molecular formula is C15H21ClN2. The van der Waals surface area contributed by atoms with E-state index in [1.807, 2.05) is 12.1 Å². The minimum absolute atomic E-state index is 0. The Hall–Kier alpha value is -1.04.